The van der Waals surface area contributed by atoms with E-state index in [1.54, 1.807) is 4.90 Å². The van der Waals surface area contributed by atoms with Crippen LogP contribution in [-0.2, 0) is 10.0 Å². The lowest BCUT2D eigenvalue weighted by molar-refractivity contribution is 0.0742. The predicted octanol–water partition coefficient (Wildman–Crippen LogP) is 1.80. The molecule has 0 bridgehead atoms. The summed E-state index contributed by atoms with van der Waals surface area (Å²) in [5, 5.41) is 5.01. The first-order valence-electron chi connectivity index (χ1n) is 6.89. The van der Waals surface area contributed by atoms with Crippen molar-refractivity contribution in [1.82, 2.24) is 4.90 Å². The summed E-state index contributed by atoms with van der Waals surface area (Å²) in [5.74, 6) is -1.17. The molecule has 0 unspecified atom stereocenters. The van der Waals surface area contributed by atoms with E-state index in [-0.39, 0.29) is 23.1 Å². The van der Waals surface area contributed by atoms with E-state index >= 15 is 0 Å². The number of primary sulfonamides is 1. The number of benzene rings is 1. The van der Waals surface area contributed by atoms with E-state index in [0.717, 1.165) is 25.3 Å². The van der Waals surface area contributed by atoms with Crippen LogP contribution in [0.15, 0.2) is 17.0 Å². The van der Waals surface area contributed by atoms with E-state index in [4.69, 9.17) is 5.14 Å². The molecule has 0 aromatic heterocycles. The standard InChI is InChI=1S/C14H19FN2O3S/c1-3-6-17(11-4-5-11)14(18)10-7-9(2)13(15)12(8-10)21(16,19)20/h7-8,11H,3-6H2,1-2H3,(H2,16,19,20). The van der Waals surface area contributed by atoms with Gasteiger partial charge in [0.2, 0.25) is 10.0 Å². The molecular weight excluding hydrogens is 295 g/mol. The maximum Gasteiger partial charge on any atom is 0.254 e. The van der Waals surface area contributed by atoms with Crippen LogP contribution in [0.3, 0.4) is 0 Å². The minimum absolute atomic E-state index is 0.0946. The molecule has 1 amide bonds. The highest BCUT2D eigenvalue weighted by atomic mass is 32.2. The fraction of sp³-hybridized carbons (Fsp3) is 0.500. The SMILES string of the molecule is CCCN(C(=O)c1cc(C)c(F)c(S(N)(=O)=O)c1)C1CC1. The molecule has 2 N–H and O–H groups in total. The van der Waals surface area contributed by atoms with Crippen molar-refractivity contribution < 1.29 is 17.6 Å². The van der Waals surface area contributed by atoms with Gasteiger partial charge in [0.05, 0.1) is 0 Å². The van der Waals surface area contributed by atoms with Crippen molar-refractivity contribution in [1.29, 1.82) is 0 Å². The average Bonchev–Trinajstić information content (AvgIpc) is 3.21. The van der Waals surface area contributed by atoms with Crippen molar-refractivity contribution in [2.24, 2.45) is 5.14 Å². The van der Waals surface area contributed by atoms with Gasteiger partial charge in [-0.25, -0.2) is 17.9 Å². The second kappa shape index (κ2) is 5.73. The van der Waals surface area contributed by atoms with Gasteiger partial charge < -0.3 is 4.90 Å². The van der Waals surface area contributed by atoms with E-state index in [9.17, 15) is 17.6 Å². The summed E-state index contributed by atoms with van der Waals surface area (Å²) in [5.41, 5.74) is 0.260. The van der Waals surface area contributed by atoms with E-state index in [1.807, 2.05) is 6.92 Å². The zero-order valence-electron chi connectivity index (χ0n) is 12.1. The van der Waals surface area contributed by atoms with Crippen LogP contribution in [0.1, 0.15) is 42.1 Å². The Morgan fingerprint density at radius 2 is 2.05 bits per heavy atom. The van der Waals surface area contributed by atoms with Crippen LogP contribution >= 0.6 is 0 Å². The molecule has 0 saturated heterocycles. The van der Waals surface area contributed by atoms with Gasteiger partial charge in [-0.2, -0.15) is 0 Å². The van der Waals surface area contributed by atoms with Gasteiger partial charge in [0.15, 0.2) is 0 Å². The van der Waals surface area contributed by atoms with Gasteiger partial charge in [0.25, 0.3) is 5.91 Å². The molecule has 1 fully saturated rings. The lowest BCUT2D eigenvalue weighted by Gasteiger charge is -2.22. The summed E-state index contributed by atoms with van der Waals surface area (Å²) in [6, 6.07) is 2.61. The number of carbonyl (C=O) groups is 1. The normalized spacial score (nSPS) is 15.0. The van der Waals surface area contributed by atoms with Crippen molar-refractivity contribution in [3.8, 4) is 0 Å². The molecule has 0 atom stereocenters. The molecule has 1 aliphatic rings. The fourth-order valence-corrected chi connectivity index (χ4v) is 3.01. The van der Waals surface area contributed by atoms with Gasteiger partial charge >= 0.3 is 0 Å². The van der Waals surface area contributed by atoms with Crippen LogP contribution in [0.25, 0.3) is 0 Å². The van der Waals surface area contributed by atoms with Gasteiger partial charge in [-0.1, -0.05) is 6.92 Å². The Kier molecular flexibility index (Phi) is 4.34. The lowest BCUT2D eigenvalue weighted by atomic mass is 10.1. The number of amides is 1. The summed E-state index contributed by atoms with van der Waals surface area (Å²) < 4.78 is 36.7. The molecule has 0 spiro atoms. The number of hydrogen-bond acceptors (Lipinski definition) is 3. The van der Waals surface area contributed by atoms with Crippen LogP contribution < -0.4 is 5.14 Å². The smallest absolute Gasteiger partial charge is 0.254 e. The highest BCUT2D eigenvalue weighted by Gasteiger charge is 2.33. The summed E-state index contributed by atoms with van der Waals surface area (Å²) >= 11 is 0. The van der Waals surface area contributed by atoms with Crippen molar-refractivity contribution in [2.75, 3.05) is 6.54 Å². The lowest BCUT2D eigenvalue weighted by Crippen LogP contribution is -2.34. The summed E-state index contributed by atoms with van der Waals surface area (Å²) in [4.78, 5) is 13.6. The highest BCUT2D eigenvalue weighted by molar-refractivity contribution is 7.89. The first-order valence-corrected chi connectivity index (χ1v) is 8.44. The third-order valence-electron chi connectivity index (χ3n) is 3.49. The van der Waals surface area contributed by atoms with Crippen LogP contribution in [-0.4, -0.2) is 31.8 Å². The van der Waals surface area contributed by atoms with E-state index in [0.29, 0.717) is 6.54 Å². The number of sulfonamides is 1. The van der Waals surface area contributed by atoms with Crippen LogP contribution in [0.4, 0.5) is 4.39 Å². The summed E-state index contributed by atoms with van der Waals surface area (Å²) in [6.07, 6.45) is 2.71. The Balaban J connectivity index is 2.44. The molecule has 5 nitrogen and oxygen atoms in total. The molecule has 116 valence electrons. The number of aryl methyl sites for hydroxylation is 1. The Bertz CT molecular complexity index is 669. The fourth-order valence-electron chi connectivity index (χ4n) is 2.31. The quantitative estimate of drug-likeness (QED) is 0.900. The second-order valence-corrected chi connectivity index (χ2v) is 6.91. The monoisotopic (exact) mass is 314 g/mol. The van der Waals surface area contributed by atoms with Crippen molar-refractivity contribution >= 4 is 15.9 Å². The largest absolute Gasteiger partial charge is 0.336 e. The molecular formula is C14H19FN2O3S. The Morgan fingerprint density at radius 3 is 2.52 bits per heavy atom. The van der Waals surface area contributed by atoms with Crippen LogP contribution in [0.5, 0.6) is 0 Å². The molecule has 0 radical (unpaired) electrons. The van der Waals surface area contributed by atoms with Crippen molar-refractivity contribution in [3.05, 3.63) is 29.1 Å². The molecule has 1 aromatic rings. The molecule has 1 aliphatic carbocycles. The molecule has 7 heteroatoms. The molecule has 1 saturated carbocycles. The Hall–Kier alpha value is -1.47. The third kappa shape index (κ3) is 3.41. The number of nitrogens with two attached hydrogens (primary N) is 1. The van der Waals surface area contributed by atoms with Crippen molar-refractivity contribution in [3.63, 3.8) is 0 Å². The number of rotatable bonds is 5. The van der Waals surface area contributed by atoms with Crippen molar-refractivity contribution in [2.45, 2.75) is 44.0 Å². The first-order chi connectivity index (χ1) is 9.75. The zero-order chi connectivity index (χ0) is 15.8. The van der Waals surface area contributed by atoms with E-state index in [2.05, 4.69) is 0 Å². The number of nitrogens with zero attached hydrogens (tertiary/aromatic N) is 1. The Morgan fingerprint density at radius 1 is 1.43 bits per heavy atom. The van der Waals surface area contributed by atoms with Gasteiger partial charge in [-0.05, 0) is 43.9 Å². The summed E-state index contributed by atoms with van der Waals surface area (Å²) in [6.45, 7) is 3.99. The average molecular weight is 314 g/mol. The highest BCUT2D eigenvalue weighted by Crippen LogP contribution is 2.29. The Labute approximate surface area is 124 Å². The number of carbonyl (C=O) groups excluding carboxylic acids is 1. The topological polar surface area (TPSA) is 80.5 Å². The molecule has 1 aromatic carbocycles. The zero-order valence-corrected chi connectivity index (χ0v) is 12.9. The number of hydrogen-bond donors (Lipinski definition) is 1. The minimum atomic E-state index is -4.20. The summed E-state index contributed by atoms with van der Waals surface area (Å²) in [7, 11) is -4.20. The third-order valence-corrected chi connectivity index (χ3v) is 4.40. The van der Waals surface area contributed by atoms with Gasteiger partial charge in [-0.3, -0.25) is 4.79 Å². The van der Waals surface area contributed by atoms with E-state index in [1.165, 1.54) is 13.0 Å². The minimum Gasteiger partial charge on any atom is -0.336 e. The van der Waals surface area contributed by atoms with Crippen LogP contribution in [0.2, 0.25) is 0 Å². The first kappa shape index (κ1) is 15.9. The predicted molar refractivity (Wildman–Crippen MR) is 76.9 cm³/mol. The molecule has 21 heavy (non-hydrogen) atoms. The van der Waals surface area contributed by atoms with Gasteiger partial charge in [-0.15, -0.1) is 0 Å². The molecule has 0 heterocycles. The molecule has 2 rings (SSSR count). The van der Waals surface area contributed by atoms with Crippen LogP contribution in [0, 0.1) is 12.7 Å². The number of halogens is 1. The van der Waals surface area contributed by atoms with E-state index < -0.39 is 20.7 Å². The van der Waals surface area contributed by atoms with Gasteiger partial charge in [0.1, 0.15) is 10.7 Å². The van der Waals surface area contributed by atoms with Gasteiger partial charge in [0, 0.05) is 18.2 Å². The maximum atomic E-state index is 13.9. The molecule has 0 aliphatic heterocycles. The second-order valence-electron chi connectivity index (χ2n) is 5.38. The maximum absolute atomic E-state index is 13.9.